The lowest BCUT2D eigenvalue weighted by molar-refractivity contribution is 0.102. The number of piperidine rings is 1. The van der Waals surface area contributed by atoms with Gasteiger partial charge in [-0.25, -0.2) is 19.6 Å². The van der Waals surface area contributed by atoms with Crippen LogP contribution in [0.15, 0.2) is 48.9 Å². The molecule has 1 amide bonds. The lowest BCUT2D eigenvalue weighted by atomic mass is 10.1. The van der Waals surface area contributed by atoms with E-state index in [9.17, 15) is 4.79 Å². The molecule has 0 spiro atoms. The molecule has 2 bridgehead atoms. The van der Waals surface area contributed by atoms with Crippen LogP contribution in [0.2, 0.25) is 5.02 Å². The Hall–Kier alpha value is -3.27. The van der Waals surface area contributed by atoms with Crippen LogP contribution in [-0.4, -0.2) is 43.2 Å². The van der Waals surface area contributed by atoms with Gasteiger partial charge in [0.2, 0.25) is 0 Å². The number of nitrogens with zero attached hydrogens (tertiary/aromatic N) is 5. The lowest BCUT2D eigenvalue weighted by Crippen LogP contribution is -2.35. The molecule has 3 atom stereocenters. The normalized spacial score (nSPS) is 20.9. The van der Waals surface area contributed by atoms with E-state index in [4.69, 9.17) is 22.4 Å². The first-order valence-corrected chi connectivity index (χ1v) is 11.2. The summed E-state index contributed by atoms with van der Waals surface area (Å²) in [6, 6.07) is 11.1. The van der Waals surface area contributed by atoms with E-state index >= 15 is 0 Å². The van der Waals surface area contributed by atoms with Crippen LogP contribution in [0.25, 0.3) is 22.3 Å². The van der Waals surface area contributed by atoms with Gasteiger partial charge in [0.05, 0.1) is 22.0 Å². The predicted molar refractivity (Wildman–Crippen MR) is 133 cm³/mol. The van der Waals surface area contributed by atoms with Gasteiger partial charge in [-0.15, -0.1) is 12.4 Å². The highest BCUT2D eigenvalue weighted by Gasteiger charge is 2.42. The van der Waals surface area contributed by atoms with E-state index in [2.05, 4.69) is 25.6 Å². The zero-order chi connectivity index (χ0) is 22.5. The molecular weight excluding hydrogens is 475 g/mol. The van der Waals surface area contributed by atoms with E-state index in [1.54, 1.807) is 36.5 Å². The summed E-state index contributed by atoms with van der Waals surface area (Å²) < 4.78 is 1.98. The first-order chi connectivity index (χ1) is 16.1. The second-order valence-corrected chi connectivity index (χ2v) is 8.94. The molecule has 3 aromatic heterocycles. The van der Waals surface area contributed by atoms with Crippen LogP contribution in [0.4, 0.5) is 11.6 Å². The Bertz CT molecular complexity index is 1380. The second kappa shape index (κ2) is 8.83. The lowest BCUT2D eigenvalue weighted by Gasteiger charge is -2.23. The zero-order valence-corrected chi connectivity index (χ0v) is 19.6. The van der Waals surface area contributed by atoms with Gasteiger partial charge in [0.15, 0.2) is 5.65 Å². The van der Waals surface area contributed by atoms with E-state index in [1.165, 1.54) is 6.33 Å². The molecule has 0 radical (unpaired) electrons. The number of anilines is 2. The largest absolute Gasteiger partial charge is 0.383 e. The molecule has 11 heteroatoms. The molecule has 0 unspecified atom stereocenters. The Morgan fingerprint density at radius 1 is 1.18 bits per heavy atom. The van der Waals surface area contributed by atoms with Crippen molar-refractivity contribution in [3.8, 4) is 11.3 Å². The summed E-state index contributed by atoms with van der Waals surface area (Å²) in [5.41, 5.74) is 8.72. The molecule has 9 nitrogen and oxygen atoms in total. The number of hydrogen-bond acceptors (Lipinski definition) is 7. The number of benzene rings is 1. The van der Waals surface area contributed by atoms with Gasteiger partial charge < -0.3 is 16.4 Å². The molecular formula is C23H22Cl2N8O. The molecule has 2 aliphatic rings. The minimum atomic E-state index is -0.337. The van der Waals surface area contributed by atoms with Gasteiger partial charge in [-0.1, -0.05) is 23.7 Å². The summed E-state index contributed by atoms with van der Waals surface area (Å²) in [4.78, 5) is 25.5. The van der Waals surface area contributed by atoms with E-state index in [0.717, 1.165) is 24.9 Å². The third-order valence-corrected chi connectivity index (χ3v) is 6.83. The predicted octanol–water partition coefficient (Wildman–Crippen LogP) is 3.72. The zero-order valence-electron chi connectivity index (χ0n) is 18.0. The highest BCUT2D eigenvalue weighted by Crippen LogP contribution is 2.42. The average molecular weight is 497 g/mol. The van der Waals surface area contributed by atoms with Gasteiger partial charge in [-0.05, 0) is 49.6 Å². The van der Waals surface area contributed by atoms with Crippen molar-refractivity contribution < 1.29 is 4.79 Å². The molecule has 4 aromatic rings. The van der Waals surface area contributed by atoms with Crippen molar-refractivity contribution in [1.82, 2.24) is 30.0 Å². The number of carbonyl (C=O) groups excluding carboxylic acids is 1. The highest BCUT2D eigenvalue weighted by atomic mass is 35.5. The number of pyridine rings is 1. The summed E-state index contributed by atoms with van der Waals surface area (Å²) in [6.45, 7) is 1.06. The van der Waals surface area contributed by atoms with Crippen molar-refractivity contribution in [2.24, 2.45) is 5.92 Å². The number of nitrogens with one attached hydrogen (secondary N) is 2. The maximum Gasteiger partial charge on any atom is 0.258 e. The number of aromatic nitrogens is 5. The van der Waals surface area contributed by atoms with Crippen molar-refractivity contribution in [1.29, 1.82) is 0 Å². The van der Waals surface area contributed by atoms with Crippen molar-refractivity contribution in [3.63, 3.8) is 0 Å². The molecule has 1 saturated heterocycles. The molecule has 34 heavy (non-hydrogen) atoms. The number of carbonyl (C=O) groups is 1. The fraction of sp³-hybridized carbons (Fsp3) is 0.261. The molecule has 4 N–H and O–H groups in total. The fourth-order valence-electron chi connectivity index (χ4n) is 4.99. The van der Waals surface area contributed by atoms with Crippen LogP contribution in [0.1, 0.15) is 29.2 Å². The van der Waals surface area contributed by atoms with E-state index < -0.39 is 0 Å². The number of halogens is 2. The maximum atomic E-state index is 12.7. The number of nitrogen functional groups attached to an aromatic ring is 1. The van der Waals surface area contributed by atoms with Gasteiger partial charge >= 0.3 is 0 Å². The van der Waals surface area contributed by atoms with Gasteiger partial charge in [0.25, 0.3) is 5.91 Å². The third kappa shape index (κ3) is 3.75. The Morgan fingerprint density at radius 3 is 2.76 bits per heavy atom. The monoisotopic (exact) mass is 496 g/mol. The SMILES string of the molecule is Cl.Nc1ncnc2c1c(-c1ccc(C(=O)Nc3ccccn3)c(Cl)c1)nn2[C@H]1C[C@@H]2CN[C@H]1C2. The topological polar surface area (TPSA) is 124 Å². The van der Waals surface area contributed by atoms with Gasteiger partial charge in [0.1, 0.15) is 23.7 Å². The number of nitrogens with two attached hydrogens (primary N) is 1. The average Bonchev–Trinajstić information content (AvgIpc) is 3.54. The van der Waals surface area contributed by atoms with Crippen LogP contribution in [-0.2, 0) is 0 Å². The van der Waals surface area contributed by atoms with Crippen LogP contribution in [0.5, 0.6) is 0 Å². The molecule has 174 valence electrons. The third-order valence-electron chi connectivity index (χ3n) is 6.52. The minimum absolute atomic E-state index is 0. The molecule has 1 saturated carbocycles. The Labute approximate surface area is 206 Å². The van der Waals surface area contributed by atoms with Crippen LogP contribution in [0.3, 0.4) is 0 Å². The second-order valence-electron chi connectivity index (χ2n) is 8.53. The fourth-order valence-corrected chi connectivity index (χ4v) is 5.25. The number of fused-ring (bicyclic) bond motifs is 3. The van der Waals surface area contributed by atoms with E-state index in [0.29, 0.717) is 50.9 Å². The summed E-state index contributed by atoms with van der Waals surface area (Å²) in [7, 11) is 0. The summed E-state index contributed by atoms with van der Waals surface area (Å²) >= 11 is 6.53. The summed E-state index contributed by atoms with van der Waals surface area (Å²) in [5, 5.41) is 12.3. The minimum Gasteiger partial charge on any atom is -0.383 e. The van der Waals surface area contributed by atoms with Crippen molar-refractivity contribution >= 4 is 52.6 Å². The van der Waals surface area contributed by atoms with Crippen LogP contribution in [0, 0.1) is 5.92 Å². The highest BCUT2D eigenvalue weighted by molar-refractivity contribution is 6.34. The molecule has 1 aromatic carbocycles. The summed E-state index contributed by atoms with van der Waals surface area (Å²) in [5.74, 6) is 1.15. The Balaban J connectivity index is 0.00000241. The van der Waals surface area contributed by atoms with Crippen LogP contribution >= 0.6 is 24.0 Å². The van der Waals surface area contributed by atoms with Gasteiger partial charge in [0, 0.05) is 17.8 Å². The van der Waals surface area contributed by atoms with Crippen molar-refractivity contribution in [2.45, 2.75) is 24.9 Å². The van der Waals surface area contributed by atoms with E-state index in [1.807, 2.05) is 10.7 Å². The van der Waals surface area contributed by atoms with E-state index in [-0.39, 0.29) is 24.4 Å². The molecule has 2 fully saturated rings. The maximum absolute atomic E-state index is 12.7. The smallest absolute Gasteiger partial charge is 0.258 e. The number of amides is 1. The summed E-state index contributed by atoms with van der Waals surface area (Å²) in [6.07, 6.45) is 5.29. The number of rotatable bonds is 4. The van der Waals surface area contributed by atoms with Crippen LogP contribution < -0.4 is 16.4 Å². The van der Waals surface area contributed by atoms with Gasteiger partial charge in [-0.2, -0.15) is 5.10 Å². The van der Waals surface area contributed by atoms with Crippen molar-refractivity contribution in [3.05, 3.63) is 59.5 Å². The molecule has 4 heterocycles. The van der Waals surface area contributed by atoms with Crippen molar-refractivity contribution in [2.75, 3.05) is 17.6 Å². The van der Waals surface area contributed by atoms with Gasteiger partial charge in [-0.3, -0.25) is 4.79 Å². The molecule has 1 aliphatic carbocycles. The Morgan fingerprint density at radius 2 is 2.06 bits per heavy atom. The Kier molecular flexibility index (Phi) is 5.85. The molecule has 1 aliphatic heterocycles. The standard InChI is InChI=1S/C23H21ClN8O.ClH/c24-15-9-13(4-5-14(15)23(33)30-18-3-1-2-6-26-18)20-19-21(25)28-11-29-22(19)32(31-20)17-8-12-7-16(17)27-10-12;/h1-6,9,11-12,16-17,27H,7-8,10H2,(H2,25,28,29)(H,26,30,33);1H/t12-,16+,17+;/m1./s1. The first kappa shape index (κ1) is 22.5. The molecule has 6 rings (SSSR count). The quantitative estimate of drug-likeness (QED) is 0.393. The first-order valence-electron chi connectivity index (χ1n) is 10.8. The number of hydrogen-bond donors (Lipinski definition) is 3.